The van der Waals surface area contributed by atoms with Gasteiger partial charge in [0.1, 0.15) is 0 Å². The Balaban J connectivity index is 0.876. The second-order valence-electron chi connectivity index (χ2n) is 23.4. The van der Waals surface area contributed by atoms with Crippen molar-refractivity contribution in [2.45, 2.75) is 103 Å². The van der Waals surface area contributed by atoms with Gasteiger partial charge in [0.2, 0.25) is 0 Å². The number of anilines is 6. The van der Waals surface area contributed by atoms with E-state index in [1.54, 1.807) is 0 Å². The van der Waals surface area contributed by atoms with Gasteiger partial charge in [0.15, 0.2) is 0 Å². The lowest BCUT2D eigenvalue weighted by Crippen LogP contribution is -2.14. The number of hydrogen-bond acceptors (Lipinski definition) is 2. The summed E-state index contributed by atoms with van der Waals surface area (Å²) in [7, 11) is 0. The molecule has 0 heterocycles. The molecule has 0 aromatic heterocycles. The molecule has 2 heteroatoms. The molecule has 0 bridgehead atoms. The molecule has 0 aliphatic heterocycles. The molecule has 15 rings (SSSR count). The van der Waals surface area contributed by atoms with Crippen LogP contribution < -0.4 is 9.80 Å². The molecule has 0 N–H and O–H groups in total. The number of rotatable bonds is 10. The van der Waals surface area contributed by atoms with Gasteiger partial charge in [0.25, 0.3) is 0 Å². The normalized spacial score (nSPS) is 14.9. The van der Waals surface area contributed by atoms with Crippen LogP contribution in [0.25, 0.3) is 66.7 Å². The first-order valence-corrected chi connectivity index (χ1v) is 30.1. The average molecular weight is 1030 g/mol. The predicted molar refractivity (Wildman–Crippen MR) is 341 cm³/mol. The van der Waals surface area contributed by atoms with Crippen LogP contribution in [0.15, 0.2) is 206 Å². The van der Waals surface area contributed by atoms with E-state index in [-0.39, 0.29) is 0 Å². The van der Waals surface area contributed by atoms with E-state index in [2.05, 4.69) is 228 Å². The summed E-state index contributed by atoms with van der Waals surface area (Å²) in [5, 5.41) is 7.53. The summed E-state index contributed by atoms with van der Waals surface area (Å²) in [5.74, 6) is 0. The molecular formula is C78H68N2. The lowest BCUT2D eigenvalue weighted by Gasteiger charge is -2.30. The number of hydrogen-bond donors (Lipinski definition) is 0. The molecule has 0 spiro atoms. The molecule has 11 aromatic carbocycles. The summed E-state index contributed by atoms with van der Waals surface area (Å²) < 4.78 is 0. The van der Waals surface area contributed by atoms with Crippen LogP contribution in [0.2, 0.25) is 0 Å². The highest BCUT2D eigenvalue weighted by atomic mass is 15.1. The fraction of sp³-hybridized carbons (Fsp3) is 0.205. The van der Waals surface area contributed by atoms with E-state index in [0.29, 0.717) is 0 Å². The maximum atomic E-state index is 2.55. The minimum atomic E-state index is 1.15. The van der Waals surface area contributed by atoms with Gasteiger partial charge in [-0.2, -0.15) is 0 Å². The van der Waals surface area contributed by atoms with Crippen LogP contribution in [0.1, 0.15) is 107 Å². The fourth-order valence-electron chi connectivity index (χ4n) is 14.5. The van der Waals surface area contributed by atoms with Gasteiger partial charge in [-0.05, 0) is 280 Å². The Labute approximate surface area is 472 Å². The zero-order chi connectivity index (χ0) is 52.9. The predicted octanol–water partition coefficient (Wildman–Crippen LogP) is 21.1. The van der Waals surface area contributed by atoms with Gasteiger partial charge in [-0.1, -0.05) is 146 Å². The fourth-order valence-corrected chi connectivity index (χ4v) is 14.5. The topological polar surface area (TPSA) is 6.48 Å². The number of nitrogens with zero attached hydrogens (tertiary/aromatic N) is 2. The third-order valence-electron chi connectivity index (χ3n) is 18.5. The summed E-state index contributed by atoms with van der Waals surface area (Å²) >= 11 is 0. The monoisotopic (exact) mass is 1030 g/mol. The molecule has 0 atom stereocenters. The van der Waals surface area contributed by atoms with E-state index in [1.807, 2.05) is 0 Å². The molecule has 11 aromatic rings. The van der Waals surface area contributed by atoms with Crippen molar-refractivity contribution in [2.75, 3.05) is 9.80 Å². The Morgan fingerprint density at radius 2 is 0.637 bits per heavy atom. The van der Waals surface area contributed by atoms with Gasteiger partial charge in [0.05, 0.1) is 5.69 Å². The maximum absolute atomic E-state index is 2.55. The van der Waals surface area contributed by atoms with Crippen molar-refractivity contribution in [3.05, 3.63) is 262 Å². The van der Waals surface area contributed by atoms with E-state index in [9.17, 15) is 0 Å². The van der Waals surface area contributed by atoms with Crippen LogP contribution in [0.3, 0.4) is 0 Å². The molecule has 0 unspecified atom stereocenters. The van der Waals surface area contributed by atoms with E-state index in [1.165, 1.54) is 221 Å². The van der Waals surface area contributed by atoms with Crippen LogP contribution in [0.4, 0.5) is 34.1 Å². The minimum Gasteiger partial charge on any atom is -0.310 e. The Hall–Kier alpha value is -8.46. The van der Waals surface area contributed by atoms with Crippen LogP contribution in [0, 0.1) is 0 Å². The van der Waals surface area contributed by atoms with Crippen molar-refractivity contribution in [2.24, 2.45) is 0 Å². The molecule has 4 aliphatic carbocycles. The smallest absolute Gasteiger partial charge is 0.0540 e. The van der Waals surface area contributed by atoms with Crippen molar-refractivity contribution < 1.29 is 0 Å². The van der Waals surface area contributed by atoms with Crippen molar-refractivity contribution >= 4 is 78.6 Å². The highest BCUT2D eigenvalue weighted by Crippen LogP contribution is 2.48. The van der Waals surface area contributed by atoms with Gasteiger partial charge in [0, 0.05) is 33.8 Å². The van der Waals surface area contributed by atoms with E-state index >= 15 is 0 Å². The summed E-state index contributed by atoms with van der Waals surface area (Å²) in [4.78, 5) is 5.10. The van der Waals surface area contributed by atoms with Crippen molar-refractivity contribution in [1.82, 2.24) is 0 Å². The zero-order valence-corrected chi connectivity index (χ0v) is 46.0. The Kier molecular flexibility index (Phi) is 12.8. The summed E-state index contributed by atoms with van der Waals surface area (Å²) in [6, 6.07) is 79.7. The summed E-state index contributed by atoms with van der Waals surface area (Å²) in [6.07, 6.45) is 24.2. The average Bonchev–Trinajstić information content (AvgIpc) is 3.65. The van der Waals surface area contributed by atoms with E-state index in [4.69, 9.17) is 0 Å². The Morgan fingerprint density at radius 3 is 1.12 bits per heavy atom. The quantitative estimate of drug-likeness (QED) is 0.0995. The molecule has 0 fully saturated rings. The van der Waals surface area contributed by atoms with Gasteiger partial charge in [-0.15, -0.1) is 0 Å². The highest BCUT2D eigenvalue weighted by Gasteiger charge is 2.25. The molecule has 0 amide bonds. The lowest BCUT2D eigenvalue weighted by atomic mass is 9.85. The molecule has 0 saturated heterocycles. The van der Waals surface area contributed by atoms with Gasteiger partial charge < -0.3 is 9.80 Å². The van der Waals surface area contributed by atoms with Crippen molar-refractivity contribution in [1.29, 1.82) is 0 Å². The molecule has 0 saturated carbocycles. The second-order valence-corrected chi connectivity index (χ2v) is 23.4. The standard InChI is InChI=1S/C78H68N2/c1-3-21-59(22-4-1)77-73-45-43-69(79(65-39-34-54-17-7-11-25-61(54)48-65)66-40-35-55-18-8-12-26-62(55)49-66)52-75(73)78(60-23-5-2-6-24-60)72-44-32-53(47-74(72)77)31-33-58-38-46-76(71-30-16-15-29-70(58)71)80(67-41-36-56-19-9-13-27-63(56)50-67)68-42-37-57-20-10-14-28-64(57)51-68/h1-6,15-16,21-24,29-52H,7-14,17-20,25-28H2/b33-31+. The minimum absolute atomic E-state index is 1.15. The van der Waals surface area contributed by atoms with Crippen molar-refractivity contribution in [3.8, 4) is 22.3 Å². The largest absolute Gasteiger partial charge is 0.310 e. The zero-order valence-electron chi connectivity index (χ0n) is 46.0. The highest BCUT2D eigenvalue weighted by molar-refractivity contribution is 6.22. The third kappa shape index (κ3) is 9.00. The van der Waals surface area contributed by atoms with Crippen LogP contribution in [-0.2, 0) is 51.4 Å². The van der Waals surface area contributed by atoms with Gasteiger partial charge in [-0.25, -0.2) is 0 Å². The Bertz CT molecular complexity index is 4080. The lowest BCUT2D eigenvalue weighted by molar-refractivity contribution is 0.685. The SMILES string of the molecule is C(=C\c1ccc(N(c2ccc3c(c2)CCCC3)c2ccc3c(c2)CCCC3)c2ccccc12)/c1ccc2c(-c3ccccc3)c3cc(N(c4ccc5c(c4)CCCC5)c4ccc5c(c4)CCCC5)ccc3c(-c3ccccc3)c2c1. The van der Waals surface area contributed by atoms with Crippen LogP contribution >= 0.6 is 0 Å². The van der Waals surface area contributed by atoms with Gasteiger partial charge in [-0.3, -0.25) is 0 Å². The Morgan fingerprint density at radius 1 is 0.250 bits per heavy atom. The second kappa shape index (κ2) is 21.0. The first-order valence-electron chi connectivity index (χ1n) is 30.1. The molecule has 2 nitrogen and oxygen atoms in total. The molecule has 390 valence electrons. The number of benzene rings is 11. The van der Waals surface area contributed by atoms with Gasteiger partial charge >= 0.3 is 0 Å². The molecule has 80 heavy (non-hydrogen) atoms. The van der Waals surface area contributed by atoms with E-state index in [0.717, 1.165) is 25.7 Å². The third-order valence-corrected chi connectivity index (χ3v) is 18.5. The van der Waals surface area contributed by atoms with Crippen molar-refractivity contribution in [3.63, 3.8) is 0 Å². The summed E-state index contributed by atoms with van der Waals surface area (Å²) in [6.45, 7) is 0. The molecule has 4 aliphatic rings. The summed E-state index contributed by atoms with van der Waals surface area (Å²) in [5.41, 5.74) is 26.8. The number of aryl methyl sites for hydroxylation is 8. The van der Waals surface area contributed by atoms with Crippen LogP contribution in [0.5, 0.6) is 0 Å². The molecule has 0 radical (unpaired) electrons. The first kappa shape index (κ1) is 48.6. The maximum Gasteiger partial charge on any atom is 0.0540 e. The van der Waals surface area contributed by atoms with E-state index < -0.39 is 0 Å². The van der Waals surface area contributed by atoms with Crippen LogP contribution in [-0.4, -0.2) is 0 Å². The number of fused-ring (bicyclic) bond motifs is 7. The molecular weight excluding hydrogens is 965 g/mol. The first-order chi connectivity index (χ1) is 39.6.